The number of aryl methyl sites for hydroxylation is 1. The number of nitrogens with one attached hydrogen (secondary N) is 3. The van der Waals surface area contributed by atoms with E-state index in [0.717, 1.165) is 5.56 Å². The number of sulfonamides is 1. The predicted octanol–water partition coefficient (Wildman–Crippen LogP) is 2.82. The van der Waals surface area contributed by atoms with Crippen LogP contribution in [0, 0.1) is 6.92 Å². The van der Waals surface area contributed by atoms with E-state index in [1.165, 1.54) is 18.6 Å². The summed E-state index contributed by atoms with van der Waals surface area (Å²) < 4.78 is 27.7. The number of primary amides is 1. The fraction of sp³-hybridized carbons (Fsp3) is 0.0476. The summed E-state index contributed by atoms with van der Waals surface area (Å²) >= 11 is 0. The zero-order chi connectivity index (χ0) is 22.7. The van der Waals surface area contributed by atoms with Gasteiger partial charge in [0.25, 0.3) is 15.9 Å². The number of amides is 1. The third kappa shape index (κ3) is 4.42. The molecule has 0 saturated heterocycles. The van der Waals surface area contributed by atoms with Gasteiger partial charge in [0.1, 0.15) is 11.4 Å². The first kappa shape index (κ1) is 21.0. The Balaban J connectivity index is 1.59. The molecule has 0 saturated carbocycles. The summed E-state index contributed by atoms with van der Waals surface area (Å²) in [5.74, 6) is -0.0876. The maximum absolute atomic E-state index is 12.6. The Morgan fingerprint density at radius 2 is 1.75 bits per heavy atom. The van der Waals surface area contributed by atoms with E-state index in [4.69, 9.17) is 5.73 Å². The van der Waals surface area contributed by atoms with Crippen LogP contribution in [-0.4, -0.2) is 34.5 Å². The van der Waals surface area contributed by atoms with E-state index in [2.05, 4.69) is 30.2 Å². The van der Waals surface area contributed by atoms with Gasteiger partial charge in [-0.05, 0) is 31.2 Å². The fourth-order valence-corrected chi connectivity index (χ4v) is 4.06. The lowest BCUT2D eigenvalue weighted by Crippen LogP contribution is -2.14. The van der Waals surface area contributed by atoms with Gasteiger partial charge in [-0.25, -0.2) is 13.4 Å². The minimum absolute atomic E-state index is 0.142. The highest BCUT2D eigenvalue weighted by atomic mass is 32.2. The molecule has 4 rings (SSSR count). The molecule has 0 fully saturated rings. The average molecular weight is 449 g/mol. The van der Waals surface area contributed by atoms with Gasteiger partial charge in [0.15, 0.2) is 5.82 Å². The number of nitrogens with two attached hydrogens (primary N) is 1. The van der Waals surface area contributed by atoms with Gasteiger partial charge in [-0.1, -0.05) is 29.8 Å². The van der Waals surface area contributed by atoms with Crippen molar-refractivity contribution >= 4 is 33.3 Å². The molecule has 10 nitrogen and oxygen atoms in total. The summed E-state index contributed by atoms with van der Waals surface area (Å²) in [6, 6.07) is 13.0. The van der Waals surface area contributed by atoms with Gasteiger partial charge in [0.05, 0.1) is 16.8 Å². The molecular weight excluding hydrogens is 430 g/mol. The summed E-state index contributed by atoms with van der Waals surface area (Å²) in [4.78, 5) is 20.3. The second-order valence-corrected chi connectivity index (χ2v) is 8.58. The van der Waals surface area contributed by atoms with E-state index in [9.17, 15) is 13.2 Å². The lowest BCUT2D eigenvalue weighted by molar-refractivity contribution is 0.100. The van der Waals surface area contributed by atoms with E-state index < -0.39 is 15.9 Å². The van der Waals surface area contributed by atoms with Gasteiger partial charge in [0.2, 0.25) is 0 Å². The molecule has 5 N–H and O–H groups in total. The minimum atomic E-state index is -3.73. The summed E-state index contributed by atoms with van der Waals surface area (Å²) in [6.45, 7) is 1.88. The monoisotopic (exact) mass is 449 g/mol. The number of hydrogen-bond donors (Lipinski definition) is 4. The quantitative estimate of drug-likeness (QED) is 0.338. The molecule has 32 heavy (non-hydrogen) atoms. The van der Waals surface area contributed by atoms with Crippen LogP contribution in [0.2, 0.25) is 0 Å². The second kappa shape index (κ2) is 8.47. The lowest BCUT2D eigenvalue weighted by atomic mass is 10.1. The molecule has 2 heterocycles. The number of rotatable bonds is 7. The second-order valence-electron chi connectivity index (χ2n) is 6.90. The van der Waals surface area contributed by atoms with E-state index in [0.29, 0.717) is 22.8 Å². The molecule has 0 bridgehead atoms. The normalized spacial score (nSPS) is 11.2. The average Bonchev–Trinajstić information content (AvgIpc) is 3.19. The van der Waals surface area contributed by atoms with Crippen LogP contribution in [0.15, 0.2) is 72.0 Å². The number of anilines is 3. The number of H-pyrrole nitrogens is 1. The van der Waals surface area contributed by atoms with E-state index in [-0.39, 0.29) is 16.3 Å². The standard InChI is InChI=1S/C21H19N7O3S/c1-13-2-8-16(9-3-13)32(30,31)28-15-6-4-14(5-7-15)19-18(20(22)29)21(27-26-19)25-17-12-23-10-11-24-17/h2-12,28H,1H3,(H2,22,29)(H2,24,25,26,27). The number of aromatic amines is 1. The van der Waals surface area contributed by atoms with Gasteiger partial charge in [-0.3, -0.25) is 19.6 Å². The third-order valence-electron chi connectivity index (χ3n) is 4.58. The number of carbonyl (C=O) groups is 1. The van der Waals surface area contributed by atoms with Crippen molar-refractivity contribution in [3.8, 4) is 11.3 Å². The minimum Gasteiger partial charge on any atom is -0.365 e. The lowest BCUT2D eigenvalue weighted by Gasteiger charge is -2.09. The molecule has 1 amide bonds. The Hall–Kier alpha value is -4.25. The number of aromatic nitrogens is 4. The van der Waals surface area contributed by atoms with Crippen molar-refractivity contribution < 1.29 is 13.2 Å². The first-order chi connectivity index (χ1) is 15.3. The predicted molar refractivity (Wildman–Crippen MR) is 120 cm³/mol. The molecular formula is C21H19N7O3S. The Morgan fingerprint density at radius 1 is 1.03 bits per heavy atom. The van der Waals surface area contributed by atoms with E-state index >= 15 is 0 Å². The van der Waals surface area contributed by atoms with Gasteiger partial charge in [-0.15, -0.1) is 0 Å². The highest BCUT2D eigenvalue weighted by Gasteiger charge is 2.20. The van der Waals surface area contributed by atoms with Gasteiger partial charge >= 0.3 is 0 Å². The Kier molecular flexibility index (Phi) is 5.56. The molecule has 2 aromatic heterocycles. The topological polar surface area (TPSA) is 156 Å². The van der Waals surface area contributed by atoms with Crippen molar-refractivity contribution in [2.24, 2.45) is 5.73 Å². The van der Waals surface area contributed by atoms with Crippen molar-refractivity contribution in [1.29, 1.82) is 0 Å². The van der Waals surface area contributed by atoms with Crippen LogP contribution in [0.5, 0.6) is 0 Å². The highest BCUT2D eigenvalue weighted by molar-refractivity contribution is 7.92. The van der Waals surface area contributed by atoms with Crippen molar-refractivity contribution in [2.45, 2.75) is 11.8 Å². The molecule has 0 aliphatic rings. The van der Waals surface area contributed by atoms with Crippen LogP contribution in [0.1, 0.15) is 15.9 Å². The van der Waals surface area contributed by atoms with Crippen molar-refractivity contribution in [1.82, 2.24) is 20.2 Å². The summed E-state index contributed by atoms with van der Waals surface area (Å²) in [5, 5.41) is 9.81. The number of nitrogens with zero attached hydrogens (tertiary/aromatic N) is 3. The molecule has 0 radical (unpaired) electrons. The Bertz CT molecular complexity index is 1350. The first-order valence-corrected chi connectivity index (χ1v) is 10.9. The SMILES string of the molecule is Cc1ccc(S(=O)(=O)Nc2ccc(-c3[nH]nc(Nc4cnccn4)c3C(N)=O)cc2)cc1. The van der Waals surface area contributed by atoms with E-state index in [1.54, 1.807) is 48.5 Å². The molecule has 4 aromatic rings. The Morgan fingerprint density at radius 3 is 2.38 bits per heavy atom. The zero-order valence-electron chi connectivity index (χ0n) is 16.9. The summed E-state index contributed by atoms with van der Waals surface area (Å²) in [5.41, 5.74) is 8.03. The highest BCUT2D eigenvalue weighted by Crippen LogP contribution is 2.29. The first-order valence-electron chi connectivity index (χ1n) is 9.44. The molecule has 0 spiro atoms. The number of benzene rings is 2. The largest absolute Gasteiger partial charge is 0.365 e. The summed E-state index contributed by atoms with van der Waals surface area (Å²) in [7, 11) is -3.73. The van der Waals surface area contributed by atoms with Gasteiger partial charge < -0.3 is 11.1 Å². The van der Waals surface area contributed by atoms with Crippen LogP contribution < -0.4 is 15.8 Å². The van der Waals surface area contributed by atoms with Crippen molar-refractivity contribution in [3.05, 3.63) is 78.2 Å². The maximum atomic E-state index is 12.6. The number of hydrogen-bond acceptors (Lipinski definition) is 7. The molecule has 11 heteroatoms. The fourth-order valence-electron chi connectivity index (χ4n) is 3.00. The van der Waals surface area contributed by atoms with Gasteiger partial charge in [-0.2, -0.15) is 5.10 Å². The molecule has 162 valence electrons. The maximum Gasteiger partial charge on any atom is 0.261 e. The third-order valence-corrected chi connectivity index (χ3v) is 5.98. The van der Waals surface area contributed by atoms with Crippen LogP contribution in [-0.2, 0) is 10.0 Å². The van der Waals surface area contributed by atoms with Crippen LogP contribution in [0.25, 0.3) is 11.3 Å². The smallest absolute Gasteiger partial charge is 0.261 e. The van der Waals surface area contributed by atoms with Crippen LogP contribution in [0.3, 0.4) is 0 Å². The van der Waals surface area contributed by atoms with Crippen molar-refractivity contribution in [2.75, 3.05) is 10.0 Å². The molecule has 0 atom stereocenters. The molecule has 2 aromatic carbocycles. The zero-order valence-corrected chi connectivity index (χ0v) is 17.7. The molecule has 0 unspecified atom stereocenters. The molecule has 0 aliphatic carbocycles. The van der Waals surface area contributed by atoms with Crippen molar-refractivity contribution in [3.63, 3.8) is 0 Å². The van der Waals surface area contributed by atoms with Crippen LogP contribution in [0.4, 0.5) is 17.3 Å². The van der Waals surface area contributed by atoms with Crippen LogP contribution >= 0.6 is 0 Å². The molecule has 0 aliphatic heterocycles. The Labute approximate surface area is 184 Å². The van der Waals surface area contributed by atoms with Gasteiger partial charge in [0, 0.05) is 23.6 Å². The number of carbonyl (C=O) groups excluding carboxylic acids is 1. The van der Waals surface area contributed by atoms with E-state index in [1.807, 2.05) is 6.92 Å². The summed E-state index contributed by atoms with van der Waals surface area (Å²) in [6.07, 6.45) is 4.50.